The van der Waals surface area contributed by atoms with Gasteiger partial charge < -0.3 is 10.2 Å². The molecule has 0 heterocycles. The standard InChI is InChI=1S/C20H24N2S/c1-14-11-12-15(2)18(13-14)21-20(23)22(3)19-10-6-8-16-7-4-5-9-17(16)19/h4-5,7,9,11-13,19H,6,8,10H2,1-3H3,(H,21,23)/t19-/m1/s1. The summed E-state index contributed by atoms with van der Waals surface area (Å²) in [6, 6.07) is 15.5. The Morgan fingerprint density at radius 2 is 1.96 bits per heavy atom. The average molecular weight is 324 g/mol. The maximum Gasteiger partial charge on any atom is 0.173 e. The summed E-state index contributed by atoms with van der Waals surface area (Å²) in [4.78, 5) is 2.22. The molecule has 1 aliphatic carbocycles. The second kappa shape index (κ2) is 6.71. The molecule has 2 aromatic rings. The Morgan fingerprint density at radius 3 is 2.78 bits per heavy atom. The smallest absolute Gasteiger partial charge is 0.173 e. The van der Waals surface area contributed by atoms with Crippen LogP contribution in [-0.2, 0) is 6.42 Å². The van der Waals surface area contributed by atoms with Crippen LogP contribution in [-0.4, -0.2) is 17.1 Å². The molecule has 2 nitrogen and oxygen atoms in total. The lowest BCUT2D eigenvalue weighted by molar-refractivity contribution is 0.336. The fraction of sp³-hybridized carbons (Fsp3) is 0.350. The summed E-state index contributed by atoms with van der Waals surface area (Å²) in [5.41, 5.74) is 6.45. The minimum absolute atomic E-state index is 0.366. The van der Waals surface area contributed by atoms with E-state index in [-0.39, 0.29) is 0 Å². The van der Waals surface area contributed by atoms with Crippen LogP contribution in [0.15, 0.2) is 42.5 Å². The van der Waals surface area contributed by atoms with Gasteiger partial charge in [0.1, 0.15) is 0 Å². The minimum Gasteiger partial charge on any atom is -0.345 e. The number of benzene rings is 2. The number of rotatable bonds is 2. The molecule has 3 rings (SSSR count). The molecule has 0 radical (unpaired) electrons. The van der Waals surface area contributed by atoms with E-state index in [1.165, 1.54) is 35.1 Å². The number of nitrogens with zero attached hydrogens (tertiary/aromatic N) is 1. The van der Waals surface area contributed by atoms with E-state index in [4.69, 9.17) is 12.2 Å². The zero-order valence-corrected chi connectivity index (χ0v) is 14.9. The molecule has 0 aromatic heterocycles. The van der Waals surface area contributed by atoms with E-state index in [1.807, 2.05) is 0 Å². The quantitative estimate of drug-likeness (QED) is 0.782. The number of anilines is 1. The number of aryl methyl sites for hydroxylation is 3. The Morgan fingerprint density at radius 1 is 1.17 bits per heavy atom. The van der Waals surface area contributed by atoms with Crippen LogP contribution in [0.1, 0.15) is 41.1 Å². The first-order valence-corrected chi connectivity index (χ1v) is 8.66. The van der Waals surface area contributed by atoms with Crippen molar-refractivity contribution in [3.05, 3.63) is 64.7 Å². The van der Waals surface area contributed by atoms with Crippen LogP contribution in [0.2, 0.25) is 0 Å². The molecular formula is C20H24N2S. The van der Waals surface area contributed by atoms with Crippen LogP contribution in [0.3, 0.4) is 0 Å². The van der Waals surface area contributed by atoms with Gasteiger partial charge in [0.15, 0.2) is 5.11 Å². The first kappa shape index (κ1) is 16.0. The Kier molecular flexibility index (Phi) is 4.67. The topological polar surface area (TPSA) is 15.3 Å². The summed E-state index contributed by atoms with van der Waals surface area (Å²) in [5.74, 6) is 0. The van der Waals surface area contributed by atoms with Gasteiger partial charge in [0.05, 0.1) is 6.04 Å². The van der Waals surface area contributed by atoms with Crippen molar-refractivity contribution in [2.75, 3.05) is 12.4 Å². The maximum atomic E-state index is 5.69. The predicted octanol–water partition coefficient (Wildman–Crippen LogP) is 5.01. The largest absolute Gasteiger partial charge is 0.345 e. The molecule has 1 N–H and O–H groups in total. The van der Waals surface area contributed by atoms with E-state index in [0.29, 0.717) is 6.04 Å². The summed E-state index contributed by atoms with van der Waals surface area (Å²) < 4.78 is 0. The van der Waals surface area contributed by atoms with Crippen molar-refractivity contribution in [2.45, 2.75) is 39.2 Å². The molecule has 3 heteroatoms. The normalized spacial score (nSPS) is 16.6. The summed E-state index contributed by atoms with van der Waals surface area (Å²) in [7, 11) is 2.10. The monoisotopic (exact) mass is 324 g/mol. The highest BCUT2D eigenvalue weighted by Gasteiger charge is 2.25. The van der Waals surface area contributed by atoms with Gasteiger partial charge in [0.25, 0.3) is 0 Å². The van der Waals surface area contributed by atoms with E-state index >= 15 is 0 Å². The van der Waals surface area contributed by atoms with Gasteiger partial charge in [-0.3, -0.25) is 0 Å². The molecule has 0 saturated heterocycles. The molecule has 2 aromatic carbocycles. The third-order valence-corrected chi connectivity index (χ3v) is 5.15. The van der Waals surface area contributed by atoms with Crippen LogP contribution >= 0.6 is 12.2 Å². The fourth-order valence-electron chi connectivity index (χ4n) is 3.35. The van der Waals surface area contributed by atoms with Crippen LogP contribution < -0.4 is 5.32 Å². The van der Waals surface area contributed by atoms with Crippen molar-refractivity contribution in [1.29, 1.82) is 0 Å². The van der Waals surface area contributed by atoms with Crippen molar-refractivity contribution in [2.24, 2.45) is 0 Å². The Balaban J connectivity index is 1.79. The molecule has 0 spiro atoms. The van der Waals surface area contributed by atoms with E-state index in [9.17, 15) is 0 Å². The number of hydrogen-bond acceptors (Lipinski definition) is 1. The molecule has 1 aliphatic rings. The molecule has 0 fully saturated rings. The lowest BCUT2D eigenvalue weighted by Crippen LogP contribution is -2.36. The fourth-order valence-corrected chi connectivity index (χ4v) is 3.58. The Hall–Kier alpha value is -1.87. The van der Waals surface area contributed by atoms with E-state index < -0.39 is 0 Å². The first-order chi connectivity index (χ1) is 11.1. The van der Waals surface area contributed by atoms with Crippen molar-refractivity contribution in [3.63, 3.8) is 0 Å². The van der Waals surface area contributed by atoms with Crippen LogP contribution in [0.4, 0.5) is 5.69 Å². The Labute approximate surface area is 144 Å². The first-order valence-electron chi connectivity index (χ1n) is 8.25. The summed E-state index contributed by atoms with van der Waals surface area (Å²) in [6.07, 6.45) is 3.55. The van der Waals surface area contributed by atoms with Gasteiger partial charge in [-0.15, -0.1) is 0 Å². The average Bonchev–Trinajstić information content (AvgIpc) is 2.57. The van der Waals surface area contributed by atoms with Crippen molar-refractivity contribution in [3.8, 4) is 0 Å². The molecule has 0 amide bonds. The van der Waals surface area contributed by atoms with Gasteiger partial charge in [-0.2, -0.15) is 0 Å². The summed E-state index contributed by atoms with van der Waals surface area (Å²) in [5, 5.41) is 4.23. The zero-order valence-electron chi connectivity index (χ0n) is 14.1. The third kappa shape index (κ3) is 3.40. The lowest BCUT2D eigenvalue weighted by Gasteiger charge is -2.35. The highest BCUT2D eigenvalue weighted by atomic mass is 32.1. The molecule has 0 bridgehead atoms. The number of nitrogens with one attached hydrogen (secondary N) is 1. The van der Waals surface area contributed by atoms with Crippen molar-refractivity contribution >= 4 is 23.0 Å². The van der Waals surface area contributed by atoms with E-state index in [2.05, 4.69) is 73.6 Å². The molecule has 1 atom stereocenters. The molecule has 120 valence electrons. The SMILES string of the molecule is Cc1ccc(C)c(NC(=S)N(C)[C@@H]2CCCc3ccccc32)c1. The summed E-state index contributed by atoms with van der Waals surface area (Å²) in [6.45, 7) is 4.22. The van der Waals surface area contributed by atoms with Crippen LogP contribution in [0.5, 0.6) is 0 Å². The lowest BCUT2D eigenvalue weighted by atomic mass is 9.87. The number of thiocarbonyl (C=S) groups is 1. The number of fused-ring (bicyclic) bond motifs is 1. The van der Waals surface area contributed by atoms with Crippen molar-refractivity contribution < 1.29 is 0 Å². The molecule has 0 unspecified atom stereocenters. The summed E-state index contributed by atoms with van der Waals surface area (Å²) >= 11 is 5.69. The maximum absolute atomic E-state index is 5.69. The van der Waals surface area contributed by atoms with Gasteiger partial charge in [-0.05, 0) is 73.6 Å². The second-order valence-electron chi connectivity index (χ2n) is 6.47. The van der Waals surface area contributed by atoms with Gasteiger partial charge in [0, 0.05) is 12.7 Å². The second-order valence-corrected chi connectivity index (χ2v) is 6.85. The molecule has 23 heavy (non-hydrogen) atoms. The van der Waals surface area contributed by atoms with Gasteiger partial charge in [0.2, 0.25) is 0 Å². The van der Waals surface area contributed by atoms with Gasteiger partial charge in [-0.25, -0.2) is 0 Å². The minimum atomic E-state index is 0.366. The van der Waals surface area contributed by atoms with Gasteiger partial charge >= 0.3 is 0 Å². The molecule has 0 saturated carbocycles. The highest BCUT2D eigenvalue weighted by Crippen LogP contribution is 2.33. The van der Waals surface area contributed by atoms with E-state index in [0.717, 1.165) is 17.2 Å². The molecule has 0 aliphatic heterocycles. The third-order valence-electron chi connectivity index (χ3n) is 4.76. The van der Waals surface area contributed by atoms with Crippen LogP contribution in [0, 0.1) is 13.8 Å². The van der Waals surface area contributed by atoms with Crippen molar-refractivity contribution in [1.82, 2.24) is 4.90 Å². The van der Waals surface area contributed by atoms with E-state index in [1.54, 1.807) is 0 Å². The Bertz CT molecular complexity index is 723. The predicted molar refractivity (Wildman–Crippen MR) is 102 cm³/mol. The zero-order chi connectivity index (χ0) is 16.4. The number of hydrogen-bond donors (Lipinski definition) is 1. The van der Waals surface area contributed by atoms with Crippen LogP contribution in [0.25, 0.3) is 0 Å². The van der Waals surface area contributed by atoms with Gasteiger partial charge in [-0.1, -0.05) is 36.4 Å². The molecular weight excluding hydrogens is 300 g/mol. The highest BCUT2D eigenvalue weighted by molar-refractivity contribution is 7.80.